The number of hydrogen-bond acceptors (Lipinski definition) is 4. The fourth-order valence-electron chi connectivity index (χ4n) is 3.61. The van der Waals surface area contributed by atoms with Gasteiger partial charge in [-0.2, -0.15) is 0 Å². The number of nitrogens with one attached hydrogen (secondary N) is 2. The van der Waals surface area contributed by atoms with E-state index in [0.717, 1.165) is 17.0 Å². The molecule has 1 aliphatic carbocycles. The molecular weight excluding hydrogens is 382 g/mol. The first kappa shape index (κ1) is 21.4. The van der Waals surface area contributed by atoms with Gasteiger partial charge in [-0.3, -0.25) is 14.6 Å². The van der Waals surface area contributed by atoms with E-state index in [4.69, 9.17) is 0 Å². The number of carbonyl (C=O) groups excluding carboxylic acids is 2. The van der Waals surface area contributed by atoms with E-state index < -0.39 is 0 Å². The van der Waals surface area contributed by atoms with E-state index in [9.17, 15) is 9.59 Å². The van der Waals surface area contributed by atoms with Gasteiger partial charge in [-0.25, -0.2) is 0 Å². The number of aromatic nitrogens is 1. The molecular formula is C23H29N3O2S. The first-order chi connectivity index (χ1) is 14.1. The van der Waals surface area contributed by atoms with E-state index in [1.807, 2.05) is 37.3 Å². The zero-order valence-electron chi connectivity index (χ0n) is 16.9. The maximum absolute atomic E-state index is 12.8. The predicted molar refractivity (Wildman–Crippen MR) is 117 cm³/mol. The first-order valence-electron chi connectivity index (χ1n) is 10.3. The van der Waals surface area contributed by atoms with Crippen molar-refractivity contribution >= 4 is 23.6 Å². The summed E-state index contributed by atoms with van der Waals surface area (Å²) in [6.07, 6.45) is 9.76. The molecule has 3 rings (SSSR count). The Morgan fingerprint density at radius 3 is 2.69 bits per heavy atom. The van der Waals surface area contributed by atoms with Crippen LogP contribution in [0.15, 0.2) is 53.7 Å². The molecule has 154 valence electrons. The molecule has 0 spiro atoms. The minimum absolute atomic E-state index is 0.0273. The van der Waals surface area contributed by atoms with Gasteiger partial charge in [0.1, 0.15) is 0 Å². The lowest BCUT2D eigenvalue weighted by atomic mass is 9.89. The highest BCUT2D eigenvalue weighted by Crippen LogP contribution is 2.24. The summed E-state index contributed by atoms with van der Waals surface area (Å²) in [6, 6.07) is 11.1. The summed E-state index contributed by atoms with van der Waals surface area (Å²) in [5.74, 6) is 0.811. The number of rotatable bonds is 8. The molecule has 0 radical (unpaired) electrons. The maximum atomic E-state index is 12.8. The maximum Gasteiger partial charge on any atom is 0.252 e. The third-order valence-electron chi connectivity index (χ3n) is 5.34. The first-order valence-corrected chi connectivity index (χ1v) is 11.3. The standard InChI is InChI=1S/C23H29N3O2S/c1-17(19-10-7-13-24-15-19)26-23(28)20-11-5-6-12-21(20)29-16-22(27)25-14-18-8-3-2-4-9-18/h5-7,10-13,15,17-18H,2-4,8-9,14,16H2,1H3,(H,25,27)(H,26,28). The normalized spacial score (nSPS) is 15.5. The summed E-state index contributed by atoms with van der Waals surface area (Å²) in [7, 11) is 0. The Balaban J connectivity index is 1.52. The average Bonchev–Trinajstić information content (AvgIpc) is 2.77. The summed E-state index contributed by atoms with van der Waals surface area (Å²) < 4.78 is 0. The van der Waals surface area contributed by atoms with Crippen LogP contribution in [0.5, 0.6) is 0 Å². The zero-order valence-corrected chi connectivity index (χ0v) is 17.7. The summed E-state index contributed by atoms with van der Waals surface area (Å²) in [6.45, 7) is 2.70. The number of nitrogens with zero attached hydrogens (tertiary/aromatic N) is 1. The van der Waals surface area contributed by atoms with Gasteiger partial charge >= 0.3 is 0 Å². The minimum atomic E-state index is -0.146. The summed E-state index contributed by atoms with van der Waals surface area (Å²) in [4.78, 5) is 30.0. The smallest absolute Gasteiger partial charge is 0.252 e. The van der Waals surface area contributed by atoms with Crippen LogP contribution in [-0.4, -0.2) is 29.1 Å². The molecule has 6 heteroatoms. The average molecular weight is 412 g/mol. The fourth-order valence-corrected chi connectivity index (χ4v) is 4.49. The van der Waals surface area contributed by atoms with Crippen LogP contribution in [-0.2, 0) is 4.79 Å². The van der Waals surface area contributed by atoms with E-state index >= 15 is 0 Å². The van der Waals surface area contributed by atoms with E-state index in [2.05, 4.69) is 15.6 Å². The molecule has 2 aromatic rings. The van der Waals surface area contributed by atoms with Gasteiger partial charge in [-0.1, -0.05) is 37.5 Å². The van der Waals surface area contributed by atoms with Gasteiger partial charge in [0.2, 0.25) is 5.91 Å². The zero-order chi connectivity index (χ0) is 20.5. The lowest BCUT2D eigenvalue weighted by molar-refractivity contribution is -0.118. The van der Waals surface area contributed by atoms with Crippen molar-refractivity contribution in [3.63, 3.8) is 0 Å². The Bertz CT molecular complexity index is 807. The summed E-state index contributed by atoms with van der Waals surface area (Å²) >= 11 is 1.41. The van der Waals surface area contributed by atoms with Crippen LogP contribution >= 0.6 is 11.8 Å². The lowest BCUT2D eigenvalue weighted by Gasteiger charge is -2.21. The molecule has 5 nitrogen and oxygen atoms in total. The highest BCUT2D eigenvalue weighted by molar-refractivity contribution is 8.00. The second kappa shape index (κ2) is 11.0. The quantitative estimate of drug-likeness (QED) is 0.633. The van der Waals surface area contributed by atoms with Crippen LogP contribution in [0.25, 0.3) is 0 Å². The van der Waals surface area contributed by atoms with E-state index in [1.54, 1.807) is 18.5 Å². The van der Waals surface area contributed by atoms with E-state index in [1.165, 1.54) is 43.9 Å². The van der Waals surface area contributed by atoms with Gasteiger partial charge in [-0.05, 0) is 49.4 Å². The molecule has 1 aliphatic rings. The van der Waals surface area contributed by atoms with Crippen LogP contribution in [0, 0.1) is 5.92 Å². The molecule has 1 fully saturated rings. The summed E-state index contributed by atoms with van der Waals surface area (Å²) in [5.41, 5.74) is 1.54. The van der Waals surface area contributed by atoms with Crippen molar-refractivity contribution in [3.05, 3.63) is 59.9 Å². The molecule has 29 heavy (non-hydrogen) atoms. The van der Waals surface area contributed by atoms with Gasteiger partial charge in [0.05, 0.1) is 17.4 Å². The number of amides is 2. The number of thioether (sulfide) groups is 1. The van der Waals surface area contributed by atoms with Gasteiger partial charge in [0.15, 0.2) is 0 Å². The Kier molecular flexibility index (Phi) is 8.11. The van der Waals surface area contributed by atoms with Crippen LogP contribution in [0.2, 0.25) is 0 Å². The van der Waals surface area contributed by atoms with Crippen LogP contribution in [0.3, 0.4) is 0 Å². The SMILES string of the molecule is CC(NC(=O)c1ccccc1SCC(=O)NCC1CCCCC1)c1cccnc1. The van der Waals surface area contributed by atoms with Crippen molar-refractivity contribution < 1.29 is 9.59 Å². The molecule has 1 aromatic heterocycles. The van der Waals surface area contributed by atoms with Crippen molar-refractivity contribution in [3.8, 4) is 0 Å². The highest BCUT2D eigenvalue weighted by atomic mass is 32.2. The third-order valence-corrected chi connectivity index (χ3v) is 6.41. The molecule has 0 saturated heterocycles. The fraction of sp³-hybridized carbons (Fsp3) is 0.435. The van der Waals surface area contributed by atoms with Gasteiger partial charge in [0.25, 0.3) is 5.91 Å². The predicted octanol–water partition coefficient (Wildman–Crippen LogP) is 4.36. The van der Waals surface area contributed by atoms with Crippen molar-refractivity contribution in [1.82, 2.24) is 15.6 Å². The molecule has 2 amide bonds. The second-order valence-electron chi connectivity index (χ2n) is 7.57. The van der Waals surface area contributed by atoms with E-state index in [0.29, 0.717) is 17.2 Å². The molecule has 1 unspecified atom stereocenters. The lowest BCUT2D eigenvalue weighted by Crippen LogP contribution is -2.31. The van der Waals surface area contributed by atoms with Crippen LogP contribution in [0.4, 0.5) is 0 Å². The second-order valence-corrected chi connectivity index (χ2v) is 8.59. The number of benzene rings is 1. The largest absolute Gasteiger partial charge is 0.355 e. The Morgan fingerprint density at radius 1 is 1.14 bits per heavy atom. The molecule has 0 bridgehead atoms. The van der Waals surface area contributed by atoms with Crippen molar-refractivity contribution in [2.45, 2.75) is 50.0 Å². The molecule has 1 atom stereocenters. The molecule has 1 aromatic carbocycles. The molecule has 1 heterocycles. The van der Waals surface area contributed by atoms with Gasteiger partial charge in [0, 0.05) is 23.8 Å². The van der Waals surface area contributed by atoms with Crippen molar-refractivity contribution in [1.29, 1.82) is 0 Å². The van der Waals surface area contributed by atoms with Crippen molar-refractivity contribution in [2.24, 2.45) is 5.92 Å². The number of hydrogen-bond donors (Lipinski definition) is 2. The monoisotopic (exact) mass is 411 g/mol. The highest BCUT2D eigenvalue weighted by Gasteiger charge is 2.17. The Morgan fingerprint density at radius 2 is 1.93 bits per heavy atom. The topological polar surface area (TPSA) is 71.1 Å². The van der Waals surface area contributed by atoms with Gasteiger partial charge < -0.3 is 10.6 Å². The summed E-state index contributed by atoms with van der Waals surface area (Å²) in [5, 5.41) is 6.07. The number of carbonyl (C=O) groups is 2. The Hall–Kier alpha value is -2.34. The Labute approximate surface area is 177 Å². The van der Waals surface area contributed by atoms with Gasteiger partial charge in [-0.15, -0.1) is 11.8 Å². The van der Waals surface area contributed by atoms with Crippen LogP contribution < -0.4 is 10.6 Å². The van der Waals surface area contributed by atoms with E-state index in [-0.39, 0.29) is 17.9 Å². The molecule has 2 N–H and O–H groups in total. The number of pyridine rings is 1. The third kappa shape index (κ3) is 6.60. The minimum Gasteiger partial charge on any atom is -0.355 e. The molecule has 1 saturated carbocycles. The molecule has 0 aliphatic heterocycles. The van der Waals surface area contributed by atoms with Crippen molar-refractivity contribution in [2.75, 3.05) is 12.3 Å². The van der Waals surface area contributed by atoms with Crippen LogP contribution in [0.1, 0.15) is 61.0 Å².